The summed E-state index contributed by atoms with van der Waals surface area (Å²) in [5.41, 5.74) is 1.03. The number of nitrogens with zero attached hydrogens (tertiary/aromatic N) is 2. The van der Waals surface area contributed by atoms with Crippen LogP contribution in [0.3, 0.4) is 0 Å². The highest BCUT2D eigenvalue weighted by molar-refractivity contribution is 7.18. The molecule has 3 aromatic rings. The summed E-state index contributed by atoms with van der Waals surface area (Å²) in [7, 11) is 0. The SMILES string of the molecule is CC(C)COCC(O)CN(Cc1ccccc1)Cc1nc2sc(C(C)C)cc2c(=O)[nH]1. The lowest BCUT2D eigenvalue weighted by Crippen LogP contribution is -2.35. The summed E-state index contributed by atoms with van der Waals surface area (Å²) < 4.78 is 5.61. The molecule has 0 fully saturated rings. The minimum Gasteiger partial charge on any atom is -0.389 e. The van der Waals surface area contributed by atoms with E-state index < -0.39 is 6.10 Å². The number of aromatic nitrogens is 2. The Labute approximate surface area is 187 Å². The second-order valence-corrected chi connectivity index (χ2v) is 9.84. The van der Waals surface area contributed by atoms with Crippen molar-refractivity contribution >= 4 is 21.6 Å². The van der Waals surface area contributed by atoms with Crippen LogP contribution in [0.5, 0.6) is 0 Å². The number of aromatic amines is 1. The highest BCUT2D eigenvalue weighted by Crippen LogP contribution is 2.27. The summed E-state index contributed by atoms with van der Waals surface area (Å²) in [6, 6.07) is 12.0. The summed E-state index contributed by atoms with van der Waals surface area (Å²) in [6.45, 7) is 10.8. The predicted molar refractivity (Wildman–Crippen MR) is 127 cm³/mol. The van der Waals surface area contributed by atoms with Crippen LogP contribution in [0.4, 0.5) is 0 Å². The Hall–Kier alpha value is -2.06. The van der Waals surface area contributed by atoms with Crippen molar-refractivity contribution in [3.05, 3.63) is 63.0 Å². The zero-order valence-electron chi connectivity index (χ0n) is 18.8. The van der Waals surface area contributed by atoms with Gasteiger partial charge in [-0.05, 0) is 23.5 Å². The fraction of sp³-hybridized carbons (Fsp3) is 0.500. The van der Waals surface area contributed by atoms with Gasteiger partial charge in [0, 0.05) is 24.6 Å². The van der Waals surface area contributed by atoms with Crippen LogP contribution in [-0.4, -0.2) is 45.8 Å². The van der Waals surface area contributed by atoms with Gasteiger partial charge in [0.15, 0.2) is 0 Å². The summed E-state index contributed by atoms with van der Waals surface area (Å²) in [5.74, 6) is 1.40. The summed E-state index contributed by atoms with van der Waals surface area (Å²) in [6.07, 6.45) is -0.618. The summed E-state index contributed by atoms with van der Waals surface area (Å²) >= 11 is 1.57. The molecule has 31 heavy (non-hydrogen) atoms. The minimum absolute atomic E-state index is 0.108. The number of fused-ring (bicyclic) bond motifs is 1. The Morgan fingerprint density at radius 1 is 1.13 bits per heavy atom. The number of aliphatic hydroxyl groups excluding tert-OH is 1. The normalized spacial score (nSPS) is 13.0. The quantitative estimate of drug-likeness (QED) is 0.466. The molecule has 6 nitrogen and oxygen atoms in total. The molecule has 0 saturated heterocycles. The van der Waals surface area contributed by atoms with Crippen LogP contribution in [0, 0.1) is 5.92 Å². The van der Waals surface area contributed by atoms with E-state index in [4.69, 9.17) is 9.72 Å². The molecule has 2 aromatic heterocycles. The molecule has 2 N–H and O–H groups in total. The zero-order valence-corrected chi connectivity index (χ0v) is 19.6. The van der Waals surface area contributed by atoms with E-state index in [1.54, 1.807) is 11.3 Å². The van der Waals surface area contributed by atoms with Crippen LogP contribution in [0.1, 0.15) is 49.9 Å². The van der Waals surface area contributed by atoms with Gasteiger partial charge in [0.2, 0.25) is 0 Å². The Kier molecular flexibility index (Phi) is 8.37. The molecule has 168 valence electrons. The highest BCUT2D eigenvalue weighted by Gasteiger charge is 2.17. The Balaban J connectivity index is 1.77. The third-order valence-corrected chi connectivity index (χ3v) is 6.22. The highest BCUT2D eigenvalue weighted by atomic mass is 32.1. The number of hydrogen-bond donors (Lipinski definition) is 2. The molecule has 1 aromatic carbocycles. The number of hydrogen-bond acceptors (Lipinski definition) is 6. The predicted octanol–water partition coefficient (Wildman–Crippen LogP) is 4.14. The molecule has 0 aliphatic heterocycles. The molecule has 0 amide bonds. The van der Waals surface area contributed by atoms with Gasteiger partial charge in [-0.25, -0.2) is 4.98 Å². The van der Waals surface area contributed by atoms with Crippen molar-refractivity contribution in [3.63, 3.8) is 0 Å². The summed E-state index contributed by atoms with van der Waals surface area (Å²) in [5, 5.41) is 11.2. The molecule has 0 aliphatic rings. The average Bonchev–Trinajstić information content (AvgIpc) is 3.13. The Bertz CT molecular complexity index is 1010. The minimum atomic E-state index is -0.618. The van der Waals surface area contributed by atoms with Crippen molar-refractivity contribution in [1.82, 2.24) is 14.9 Å². The molecular formula is C24H33N3O3S. The van der Waals surface area contributed by atoms with Crippen molar-refractivity contribution in [2.24, 2.45) is 5.92 Å². The molecule has 3 rings (SSSR count). The number of H-pyrrole nitrogens is 1. The first-order chi connectivity index (χ1) is 14.8. The van der Waals surface area contributed by atoms with Gasteiger partial charge in [0.25, 0.3) is 5.56 Å². The van der Waals surface area contributed by atoms with E-state index in [2.05, 4.69) is 49.7 Å². The first-order valence-corrected chi connectivity index (χ1v) is 11.7. The molecule has 0 aliphatic carbocycles. The molecule has 1 unspecified atom stereocenters. The first-order valence-electron chi connectivity index (χ1n) is 10.9. The van der Waals surface area contributed by atoms with E-state index in [-0.39, 0.29) is 12.2 Å². The largest absolute Gasteiger partial charge is 0.389 e. The standard InChI is InChI=1S/C24H33N3O3S/c1-16(2)14-30-15-19(28)12-27(11-18-8-6-5-7-9-18)13-22-25-23(29)20-10-21(17(3)4)31-24(20)26-22/h5-10,16-17,19,28H,11-15H2,1-4H3,(H,25,26,29). The third kappa shape index (κ3) is 6.97. The Morgan fingerprint density at radius 3 is 2.55 bits per heavy atom. The second-order valence-electron chi connectivity index (χ2n) is 8.78. The van der Waals surface area contributed by atoms with Gasteiger partial charge >= 0.3 is 0 Å². The lowest BCUT2D eigenvalue weighted by atomic mass is 10.2. The Morgan fingerprint density at radius 2 is 1.87 bits per heavy atom. The lowest BCUT2D eigenvalue weighted by Gasteiger charge is -2.25. The molecule has 0 spiro atoms. The molecule has 1 atom stereocenters. The van der Waals surface area contributed by atoms with Crippen LogP contribution in [0.15, 0.2) is 41.2 Å². The lowest BCUT2D eigenvalue weighted by molar-refractivity contribution is 0.00517. The van der Waals surface area contributed by atoms with Crippen molar-refractivity contribution < 1.29 is 9.84 Å². The summed E-state index contributed by atoms with van der Waals surface area (Å²) in [4.78, 5) is 24.3. The third-order valence-electron chi connectivity index (χ3n) is 4.89. The smallest absolute Gasteiger partial charge is 0.259 e. The van der Waals surface area contributed by atoms with E-state index >= 15 is 0 Å². The number of rotatable bonds is 11. The van der Waals surface area contributed by atoms with Crippen LogP contribution < -0.4 is 5.56 Å². The maximum Gasteiger partial charge on any atom is 0.259 e. The van der Waals surface area contributed by atoms with Gasteiger partial charge in [0.05, 0.1) is 24.6 Å². The van der Waals surface area contributed by atoms with Crippen molar-refractivity contribution in [1.29, 1.82) is 0 Å². The van der Waals surface area contributed by atoms with Gasteiger partial charge in [-0.2, -0.15) is 0 Å². The topological polar surface area (TPSA) is 78.5 Å². The van der Waals surface area contributed by atoms with Crippen LogP contribution >= 0.6 is 11.3 Å². The second kappa shape index (κ2) is 11.0. The van der Waals surface area contributed by atoms with Gasteiger partial charge in [-0.15, -0.1) is 11.3 Å². The van der Waals surface area contributed by atoms with Gasteiger partial charge in [-0.1, -0.05) is 58.0 Å². The van der Waals surface area contributed by atoms with Crippen molar-refractivity contribution in [3.8, 4) is 0 Å². The number of aliphatic hydroxyl groups is 1. The van der Waals surface area contributed by atoms with E-state index in [0.29, 0.717) is 49.3 Å². The van der Waals surface area contributed by atoms with E-state index in [1.165, 1.54) is 0 Å². The fourth-order valence-electron chi connectivity index (χ4n) is 3.38. The molecule has 0 bridgehead atoms. The van der Waals surface area contributed by atoms with Crippen molar-refractivity contribution in [2.75, 3.05) is 19.8 Å². The number of ether oxygens (including phenoxy) is 1. The van der Waals surface area contributed by atoms with Gasteiger partial charge in [0.1, 0.15) is 10.7 Å². The zero-order chi connectivity index (χ0) is 22.4. The van der Waals surface area contributed by atoms with E-state index in [1.807, 2.05) is 24.3 Å². The van der Waals surface area contributed by atoms with Crippen molar-refractivity contribution in [2.45, 2.75) is 52.8 Å². The molecule has 0 saturated carbocycles. The van der Waals surface area contributed by atoms with Gasteiger partial charge < -0.3 is 14.8 Å². The van der Waals surface area contributed by atoms with E-state index in [9.17, 15) is 9.90 Å². The number of benzene rings is 1. The molecule has 2 heterocycles. The van der Waals surface area contributed by atoms with Crippen LogP contribution in [0.25, 0.3) is 10.2 Å². The molecular weight excluding hydrogens is 410 g/mol. The average molecular weight is 444 g/mol. The van der Waals surface area contributed by atoms with E-state index in [0.717, 1.165) is 15.3 Å². The monoisotopic (exact) mass is 443 g/mol. The number of nitrogens with one attached hydrogen (secondary N) is 1. The maximum absolute atomic E-state index is 12.6. The van der Waals surface area contributed by atoms with Gasteiger partial charge in [-0.3, -0.25) is 9.69 Å². The van der Waals surface area contributed by atoms with Crippen LogP contribution in [0.2, 0.25) is 0 Å². The first kappa shape index (κ1) is 23.6. The molecule has 7 heteroatoms. The fourth-order valence-corrected chi connectivity index (χ4v) is 4.44. The molecule has 0 radical (unpaired) electrons. The number of thiophene rings is 1. The maximum atomic E-state index is 12.6. The van der Waals surface area contributed by atoms with Crippen LogP contribution in [-0.2, 0) is 17.8 Å².